The van der Waals surface area contributed by atoms with Crippen molar-refractivity contribution in [3.63, 3.8) is 0 Å². The molecule has 2 nitrogen and oxygen atoms in total. The molecule has 15 heavy (non-hydrogen) atoms. The van der Waals surface area contributed by atoms with Gasteiger partial charge in [0.1, 0.15) is 17.3 Å². The van der Waals surface area contributed by atoms with Crippen molar-refractivity contribution in [3.05, 3.63) is 29.8 Å². The van der Waals surface area contributed by atoms with Gasteiger partial charge in [0.25, 0.3) is 0 Å². The fourth-order valence-electron chi connectivity index (χ4n) is 1.28. The fraction of sp³-hybridized carbons (Fsp3) is 0.455. The quantitative estimate of drug-likeness (QED) is 0.757. The van der Waals surface area contributed by atoms with E-state index in [0.717, 1.165) is 13.0 Å². The van der Waals surface area contributed by atoms with Crippen LogP contribution in [0.1, 0.15) is 6.42 Å². The van der Waals surface area contributed by atoms with E-state index in [1.165, 1.54) is 18.2 Å². The van der Waals surface area contributed by atoms with Gasteiger partial charge in [-0.1, -0.05) is 6.07 Å². The second-order valence-electron chi connectivity index (χ2n) is 3.68. The summed E-state index contributed by atoms with van der Waals surface area (Å²) < 4.78 is 26.2. The highest BCUT2D eigenvalue weighted by molar-refractivity contribution is 5.45. The Balaban J connectivity index is 2.43. The molecule has 1 N–H and O–H groups in total. The Labute approximate surface area is 88.9 Å². The average molecular weight is 214 g/mol. The topological polar surface area (TPSA) is 15.3 Å². The molecule has 0 amide bonds. The lowest BCUT2D eigenvalue weighted by Gasteiger charge is -2.11. The summed E-state index contributed by atoms with van der Waals surface area (Å²) in [5.41, 5.74) is -0.0312. The van der Waals surface area contributed by atoms with Crippen LogP contribution >= 0.6 is 0 Å². The number of nitrogens with one attached hydrogen (secondary N) is 1. The van der Waals surface area contributed by atoms with E-state index in [4.69, 9.17) is 0 Å². The Morgan fingerprint density at radius 2 is 1.80 bits per heavy atom. The van der Waals surface area contributed by atoms with E-state index in [1.54, 1.807) is 0 Å². The Morgan fingerprint density at radius 3 is 2.33 bits per heavy atom. The van der Waals surface area contributed by atoms with E-state index < -0.39 is 11.6 Å². The summed E-state index contributed by atoms with van der Waals surface area (Å²) in [6, 6.07) is 3.85. The van der Waals surface area contributed by atoms with E-state index in [0.29, 0.717) is 6.54 Å². The lowest BCUT2D eigenvalue weighted by atomic mass is 10.3. The molecule has 84 valence electrons. The number of hydrogen-bond donors (Lipinski definition) is 1. The second kappa shape index (κ2) is 5.66. The molecule has 0 spiro atoms. The lowest BCUT2D eigenvalue weighted by molar-refractivity contribution is 0.405. The van der Waals surface area contributed by atoms with Crippen molar-refractivity contribution >= 4 is 5.69 Å². The number of rotatable bonds is 5. The summed E-state index contributed by atoms with van der Waals surface area (Å²) in [6.07, 6.45) is 0.848. The smallest absolute Gasteiger partial charge is 0.149 e. The molecule has 0 aromatic heterocycles. The predicted molar refractivity (Wildman–Crippen MR) is 58.0 cm³/mol. The van der Waals surface area contributed by atoms with Crippen LogP contribution in [-0.4, -0.2) is 32.1 Å². The molecule has 1 aromatic rings. The number of benzene rings is 1. The van der Waals surface area contributed by atoms with Crippen LogP contribution in [0.3, 0.4) is 0 Å². The summed E-state index contributed by atoms with van der Waals surface area (Å²) in [5.74, 6) is -1.08. The van der Waals surface area contributed by atoms with Crippen molar-refractivity contribution in [1.82, 2.24) is 4.90 Å². The summed E-state index contributed by atoms with van der Waals surface area (Å²) >= 11 is 0. The van der Waals surface area contributed by atoms with Crippen LogP contribution in [0.15, 0.2) is 18.2 Å². The van der Waals surface area contributed by atoms with Crippen LogP contribution in [-0.2, 0) is 0 Å². The highest BCUT2D eigenvalue weighted by Crippen LogP contribution is 2.17. The van der Waals surface area contributed by atoms with Crippen LogP contribution in [0.4, 0.5) is 14.5 Å². The van der Waals surface area contributed by atoms with Gasteiger partial charge in [-0.15, -0.1) is 0 Å². The molecule has 0 aliphatic heterocycles. The normalized spacial score (nSPS) is 10.7. The third-order valence-electron chi connectivity index (χ3n) is 2.05. The van der Waals surface area contributed by atoms with Gasteiger partial charge in [-0.25, -0.2) is 8.78 Å². The molecule has 4 heteroatoms. The maximum Gasteiger partial charge on any atom is 0.149 e. The Hall–Kier alpha value is -1.16. The summed E-state index contributed by atoms with van der Waals surface area (Å²) in [5, 5.41) is 2.76. The van der Waals surface area contributed by atoms with Crippen molar-refractivity contribution in [3.8, 4) is 0 Å². The maximum absolute atomic E-state index is 13.1. The zero-order valence-corrected chi connectivity index (χ0v) is 9.06. The van der Waals surface area contributed by atoms with Crippen LogP contribution in [0.25, 0.3) is 0 Å². The maximum atomic E-state index is 13.1. The summed E-state index contributed by atoms with van der Waals surface area (Å²) in [7, 11) is 3.92. The van der Waals surface area contributed by atoms with Crippen LogP contribution in [0, 0.1) is 11.6 Å². The SMILES string of the molecule is CN(C)CCCNc1c(F)cccc1F. The van der Waals surface area contributed by atoms with Gasteiger partial charge in [0.05, 0.1) is 0 Å². The van der Waals surface area contributed by atoms with Crippen molar-refractivity contribution in [2.45, 2.75) is 6.42 Å². The number of nitrogens with zero attached hydrogens (tertiary/aromatic N) is 1. The van der Waals surface area contributed by atoms with Gasteiger partial charge < -0.3 is 10.2 Å². The monoisotopic (exact) mass is 214 g/mol. The van der Waals surface area contributed by atoms with E-state index in [1.807, 2.05) is 19.0 Å². The molecule has 0 unspecified atom stereocenters. The highest BCUT2D eigenvalue weighted by atomic mass is 19.1. The van der Waals surface area contributed by atoms with Gasteiger partial charge >= 0.3 is 0 Å². The minimum absolute atomic E-state index is 0.0312. The third kappa shape index (κ3) is 3.83. The van der Waals surface area contributed by atoms with Gasteiger partial charge in [0.15, 0.2) is 0 Å². The van der Waals surface area contributed by atoms with E-state index in [2.05, 4.69) is 5.32 Å². The molecule has 0 atom stereocenters. The standard InChI is InChI=1S/C11H16F2N2/c1-15(2)8-4-7-14-11-9(12)5-3-6-10(11)13/h3,5-6,14H,4,7-8H2,1-2H3. The molecule has 0 fully saturated rings. The first-order valence-electron chi connectivity index (χ1n) is 4.94. The zero-order valence-electron chi connectivity index (χ0n) is 9.06. The molecular weight excluding hydrogens is 198 g/mol. The van der Waals surface area contributed by atoms with Gasteiger partial charge in [-0.2, -0.15) is 0 Å². The summed E-state index contributed by atoms with van der Waals surface area (Å²) in [4.78, 5) is 2.03. The van der Waals surface area contributed by atoms with Gasteiger partial charge in [0.2, 0.25) is 0 Å². The molecule has 1 rings (SSSR count). The van der Waals surface area contributed by atoms with Crippen molar-refractivity contribution < 1.29 is 8.78 Å². The number of hydrogen-bond acceptors (Lipinski definition) is 2. The Bertz CT molecular complexity index is 293. The van der Waals surface area contributed by atoms with Crippen molar-refractivity contribution in [1.29, 1.82) is 0 Å². The lowest BCUT2D eigenvalue weighted by Crippen LogP contribution is -2.17. The number of halogens is 2. The van der Waals surface area contributed by atoms with Gasteiger partial charge in [-0.3, -0.25) is 0 Å². The van der Waals surface area contributed by atoms with Crippen LogP contribution in [0.2, 0.25) is 0 Å². The Morgan fingerprint density at radius 1 is 1.20 bits per heavy atom. The average Bonchev–Trinajstić information content (AvgIpc) is 2.15. The van der Waals surface area contributed by atoms with Crippen molar-refractivity contribution in [2.75, 3.05) is 32.5 Å². The molecule has 0 aliphatic rings. The largest absolute Gasteiger partial charge is 0.380 e. The molecule has 1 aromatic carbocycles. The van der Waals surface area contributed by atoms with E-state index in [9.17, 15) is 8.78 Å². The minimum Gasteiger partial charge on any atom is -0.380 e. The number of anilines is 1. The molecule has 0 saturated carbocycles. The first-order valence-corrected chi connectivity index (χ1v) is 4.94. The zero-order chi connectivity index (χ0) is 11.3. The molecule has 0 bridgehead atoms. The third-order valence-corrected chi connectivity index (χ3v) is 2.05. The van der Waals surface area contributed by atoms with Crippen LogP contribution in [0.5, 0.6) is 0 Å². The van der Waals surface area contributed by atoms with Gasteiger partial charge in [-0.05, 0) is 39.2 Å². The molecule has 0 heterocycles. The second-order valence-corrected chi connectivity index (χ2v) is 3.68. The minimum atomic E-state index is -0.542. The van der Waals surface area contributed by atoms with Crippen molar-refractivity contribution in [2.24, 2.45) is 0 Å². The molecule has 0 saturated heterocycles. The van der Waals surface area contributed by atoms with Crippen LogP contribution < -0.4 is 5.32 Å². The van der Waals surface area contributed by atoms with Gasteiger partial charge in [0, 0.05) is 6.54 Å². The van der Waals surface area contributed by atoms with E-state index in [-0.39, 0.29) is 5.69 Å². The molecule has 0 radical (unpaired) electrons. The first-order chi connectivity index (χ1) is 7.11. The molecular formula is C11H16F2N2. The number of para-hydroxylation sites is 1. The molecule has 0 aliphatic carbocycles. The highest BCUT2D eigenvalue weighted by Gasteiger charge is 2.06. The summed E-state index contributed by atoms with van der Waals surface area (Å²) in [6.45, 7) is 1.46. The Kier molecular flexibility index (Phi) is 4.49. The predicted octanol–water partition coefficient (Wildman–Crippen LogP) is 2.33. The van der Waals surface area contributed by atoms with E-state index >= 15 is 0 Å². The first kappa shape index (κ1) is 11.9. The fourth-order valence-corrected chi connectivity index (χ4v) is 1.28.